The number of ether oxygens (including phenoxy) is 1. The lowest BCUT2D eigenvalue weighted by Crippen LogP contribution is -2.61. The van der Waals surface area contributed by atoms with Gasteiger partial charge in [-0.3, -0.25) is 4.79 Å². The van der Waals surface area contributed by atoms with Crippen LogP contribution in [-0.2, 0) is 9.53 Å². The molecule has 0 aromatic rings. The average Bonchev–Trinajstić information content (AvgIpc) is 3.02. The summed E-state index contributed by atoms with van der Waals surface area (Å²) in [7, 11) is -1.23. The molecule has 0 atom stereocenters. The van der Waals surface area contributed by atoms with Gasteiger partial charge in [0.05, 0.1) is 0 Å². The van der Waals surface area contributed by atoms with E-state index < -0.39 is 13.6 Å². The minimum atomic E-state index is -1.23. The van der Waals surface area contributed by atoms with Crippen molar-refractivity contribution >= 4 is 26.0 Å². The first-order chi connectivity index (χ1) is 17.6. The van der Waals surface area contributed by atoms with Crippen molar-refractivity contribution in [2.45, 2.75) is 134 Å². The van der Waals surface area contributed by atoms with Crippen LogP contribution in [0.2, 0.25) is 25.7 Å². The van der Waals surface area contributed by atoms with E-state index in [2.05, 4.69) is 37.2 Å². The molecule has 4 aliphatic rings. The minimum absolute atomic E-state index is 0.0202. The van der Waals surface area contributed by atoms with Crippen molar-refractivity contribution in [3.05, 3.63) is 0 Å². The molecule has 5 amide bonds. The molecule has 0 aromatic heterocycles. The van der Waals surface area contributed by atoms with E-state index in [9.17, 15) is 14.4 Å². The minimum Gasteiger partial charge on any atom is -0.361 e. The molecule has 0 unspecified atom stereocenters. The predicted octanol–water partition coefficient (Wildman–Crippen LogP) is 5.46. The van der Waals surface area contributed by atoms with Crippen molar-refractivity contribution in [2.24, 2.45) is 5.41 Å². The van der Waals surface area contributed by atoms with Crippen LogP contribution in [-0.4, -0.2) is 73.3 Å². The quantitative estimate of drug-likeness (QED) is 0.221. The van der Waals surface area contributed by atoms with Crippen LogP contribution in [0.5, 0.6) is 0 Å². The number of carbonyl (C=O) groups excluding carboxylic acids is 3. The van der Waals surface area contributed by atoms with Gasteiger partial charge in [0.1, 0.15) is 12.3 Å². The number of nitrogens with one attached hydrogen (secondary N) is 2. The number of carbonyl (C=O) groups is 3. The van der Waals surface area contributed by atoms with E-state index in [0.717, 1.165) is 96.1 Å². The van der Waals surface area contributed by atoms with Gasteiger partial charge in [-0.1, -0.05) is 52.2 Å². The third kappa shape index (κ3) is 6.35. The number of nitrogens with zero attached hydrogens (tertiary/aromatic N) is 2. The van der Waals surface area contributed by atoms with Gasteiger partial charge in [-0.25, -0.2) is 14.5 Å². The van der Waals surface area contributed by atoms with Gasteiger partial charge in [0.15, 0.2) is 0 Å². The third-order valence-corrected chi connectivity index (χ3v) is 11.0. The van der Waals surface area contributed by atoms with Crippen LogP contribution >= 0.6 is 0 Å². The molecule has 3 aliphatic carbocycles. The number of unbranched alkanes of at least 4 members (excludes halogenated alkanes) is 1. The molecule has 3 saturated carbocycles. The summed E-state index contributed by atoms with van der Waals surface area (Å²) in [4.78, 5) is 42.9. The molecular formula is C28H50N4O4Si. The van der Waals surface area contributed by atoms with Crippen LogP contribution in [0, 0.1) is 5.41 Å². The van der Waals surface area contributed by atoms with Gasteiger partial charge in [0, 0.05) is 33.3 Å². The van der Waals surface area contributed by atoms with E-state index in [1.54, 1.807) is 0 Å². The topological polar surface area (TPSA) is 91.0 Å². The Morgan fingerprint density at radius 3 is 2.35 bits per heavy atom. The summed E-state index contributed by atoms with van der Waals surface area (Å²) < 4.78 is 5.88. The molecular weight excluding hydrogens is 484 g/mol. The largest absolute Gasteiger partial charge is 0.361 e. The molecule has 0 aromatic carbocycles. The maximum absolute atomic E-state index is 13.7. The average molecular weight is 535 g/mol. The molecule has 210 valence electrons. The van der Waals surface area contributed by atoms with E-state index >= 15 is 0 Å². The SMILES string of the molecule is CCCCNC(=O)NC1CCC2(CC1)CC(N1C(=O)N(COCC[Si](C)(C)C)C(=O)C13CCCCC3)C2. The lowest BCUT2D eigenvalue weighted by Gasteiger charge is -2.56. The van der Waals surface area contributed by atoms with Crippen LogP contribution in [0.4, 0.5) is 9.59 Å². The fourth-order valence-corrected chi connectivity index (χ4v) is 7.78. The van der Waals surface area contributed by atoms with Crippen molar-refractivity contribution < 1.29 is 19.1 Å². The third-order valence-electron chi connectivity index (χ3n) is 9.34. The summed E-state index contributed by atoms with van der Waals surface area (Å²) in [5, 5.41) is 6.11. The fraction of sp³-hybridized carbons (Fsp3) is 0.893. The summed E-state index contributed by atoms with van der Waals surface area (Å²) >= 11 is 0. The zero-order valence-corrected chi connectivity index (χ0v) is 24.7. The van der Waals surface area contributed by atoms with Crippen molar-refractivity contribution in [1.82, 2.24) is 20.4 Å². The highest BCUT2D eigenvalue weighted by Crippen LogP contribution is 2.56. The molecule has 8 nitrogen and oxygen atoms in total. The Labute approximate surface area is 224 Å². The van der Waals surface area contributed by atoms with Gasteiger partial charge < -0.3 is 20.3 Å². The second-order valence-electron chi connectivity index (χ2n) is 13.4. The monoisotopic (exact) mass is 534 g/mol. The van der Waals surface area contributed by atoms with Crippen molar-refractivity contribution in [3.8, 4) is 0 Å². The molecule has 2 spiro atoms. The molecule has 1 saturated heterocycles. The Bertz CT molecular complexity index is 823. The van der Waals surface area contributed by atoms with Crippen LogP contribution in [0.1, 0.15) is 90.4 Å². The Morgan fingerprint density at radius 1 is 1.05 bits per heavy atom. The first-order valence-electron chi connectivity index (χ1n) is 14.9. The number of imide groups is 1. The summed E-state index contributed by atoms with van der Waals surface area (Å²) in [5.41, 5.74) is -0.402. The van der Waals surface area contributed by atoms with Crippen LogP contribution < -0.4 is 10.6 Å². The maximum Gasteiger partial charge on any atom is 0.329 e. The van der Waals surface area contributed by atoms with E-state index in [-0.39, 0.29) is 42.2 Å². The Kier molecular flexibility index (Phi) is 8.93. The lowest BCUT2D eigenvalue weighted by molar-refractivity contribution is -0.140. The zero-order chi connectivity index (χ0) is 26.7. The predicted molar refractivity (Wildman–Crippen MR) is 148 cm³/mol. The van der Waals surface area contributed by atoms with Crippen LogP contribution in [0.25, 0.3) is 0 Å². The van der Waals surface area contributed by atoms with Gasteiger partial charge in [-0.05, 0) is 69.2 Å². The summed E-state index contributed by atoms with van der Waals surface area (Å²) in [6.07, 6.45) is 12.9. The highest BCUT2D eigenvalue weighted by Gasteiger charge is 2.62. The van der Waals surface area contributed by atoms with Gasteiger partial charge in [-0.2, -0.15) is 0 Å². The van der Waals surface area contributed by atoms with Crippen LogP contribution in [0.15, 0.2) is 0 Å². The Hall–Kier alpha value is -1.61. The highest BCUT2D eigenvalue weighted by atomic mass is 28.3. The first kappa shape index (κ1) is 28.4. The van der Waals surface area contributed by atoms with E-state index in [0.29, 0.717) is 6.61 Å². The fourth-order valence-electron chi connectivity index (χ4n) is 7.02. The standard InChI is InChI=1S/C28H50N4O4Si/c1-5-6-16-29-25(34)30-22-10-14-27(15-11-22)19-23(20-27)32-26(35)31(21-36-17-18-37(2,3)4)24(33)28(32)12-8-7-9-13-28/h22-23H,5-21H2,1-4H3,(H2,29,30,34). The molecule has 0 bridgehead atoms. The van der Waals surface area contributed by atoms with Crippen LogP contribution in [0.3, 0.4) is 0 Å². The van der Waals surface area contributed by atoms with E-state index in [1.807, 2.05) is 4.90 Å². The van der Waals surface area contributed by atoms with Crippen molar-refractivity contribution in [2.75, 3.05) is 19.9 Å². The summed E-state index contributed by atoms with van der Waals surface area (Å²) in [6.45, 7) is 10.5. The lowest BCUT2D eigenvalue weighted by atomic mass is 9.57. The number of urea groups is 2. The van der Waals surface area contributed by atoms with E-state index in [4.69, 9.17) is 4.74 Å². The Morgan fingerprint density at radius 2 is 1.73 bits per heavy atom. The van der Waals surface area contributed by atoms with Crippen molar-refractivity contribution in [1.29, 1.82) is 0 Å². The summed E-state index contributed by atoms with van der Waals surface area (Å²) in [6, 6.07) is 1.23. The second kappa shape index (κ2) is 11.6. The van der Waals surface area contributed by atoms with E-state index in [1.165, 1.54) is 4.90 Å². The normalized spacial score (nSPS) is 29.6. The van der Waals surface area contributed by atoms with Gasteiger partial charge in [-0.15, -0.1) is 0 Å². The molecule has 1 heterocycles. The van der Waals surface area contributed by atoms with Gasteiger partial charge in [0.2, 0.25) is 0 Å². The van der Waals surface area contributed by atoms with Crippen molar-refractivity contribution in [3.63, 3.8) is 0 Å². The smallest absolute Gasteiger partial charge is 0.329 e. The molecule has 37 heavy (non-hydrogen) atoms. The molecule has 9 heteroatoms. The highest BCUT2D eigenvalue weighted by molar-refractivity contribution is 6.76. The van der Waals surface area contributed by atoms with Gasteiger partial charge in [0.25, 0.3) is 5.91 Å². The Balaban J connectivity index is 1.33. The molecule has 4 fully saturated rings. The number of hydrogen-bond donors (Lipinski definition) is 2. The maximum atomic E-state index is 13.7. The molecule has 2 N–H and O–H groups in total. The number of hydrogen-bond acceptors (Lipinski definition) is 4. The summed E-state index contributed by atoms with van der Waals surface area (Å²) in [5.74, 6) is -0.0202. The number of amides is 5. The molecule has 4 rings (SSSR count). The molecule has 1 aliphatic heterocycles. The first-order valence-corrected chi connectivity index (χ1v) is 18.6. The zero-order valence-electron chi connectivity index (χ0n) is 23.7. The number of rotatable bonds is 10. The second-order valence-corrected chi connectivity index (χ2v) is 19.0. The molecule has 0 radical (unpaired) electrons. The van der Waals surface area contributed by atoms with Gasteiger partial charge >= 0.3 is 12.1 Å².